The first-order valence-corrected chi connectivity index (χ1v) is 6.78. The van der Waals surface area contributed by atoms with Crippen LogP contribution >= 0.6 is 23.2 Å². The van der Waals surface area contributed by atoms with Crippen LogP contribution in [0.15, 0.2) is 22.7 Å². The van der Waals surface area contributed by atoms with E-state index in [1.54, 1.807) is 0 Å². The summed E-state index contributed by atoms with van der Waals surface area (Å²) in [5, 5.41) is 3.90. The average molecular weight is 287 g/mol. The number of aromatic nitrogens is 1. The molecule has 1 aliphatic rings. The molecule has 0 radical (unpaired) electrons. The van der Waals surface area contributed by atoms with Gasteiger partial charge in [-0.2, -0.15) is 0 Å². The summed E-state index contributed by atoms with van der Waals surface area (Å²) in [6.07, 6.45) is 2.51. The average Bonchev–Trinajstić information content (AvgIpc) is 3.18. The fourth-order valence-corrected chi connectivity index (χ4v) is 1.68. The van der Waals surface area contributed by atoms with E-state index in [0.717, 1.165) is 23.7 Å². The minimum atomic E-state index is 0.270. The molecule has 0 saturated heterocycles. The second-order valence-electron chi connectivity index (χ2n) is 4.40. The van der Waals surface area contributed by atoms with Crippen LogP contribution in [-0.2, 0) is 6.54 Å². The van der Waals surface area contributed by atoms with E-state index in [1.807, 2.05) is 19.1 Å². The lowest BCUT2D eigenvalue weighted by atomic mass is 10.3. The Morgan fingerprint density at radius 3 is 3.00 bits per heavy atom. The molecule has 98 valence electrons. The number of nitrogens with zero attached hydrogens (tertiary/aromatic N) is 1. The number of aryl methyl sites for hydroxylation is 1. The van der Waals surface area contributed by atoms with Crippen LogP contribution in [0.25, 0.3) is 0 Å². The summed E-state index contributed by atoms with van der Waals surface area (Å²) in [4.78, 5) is 4.49. The maximum Gasteiger partial charge on any atom is 0.142 e. The van der Waals surface area contributed by atoms with Gasteiger partial charge in [0.25, 0.3) is 0 Å². The Morgan fingerprint density at radius 1 is 1.56 bits per heavy atom. The molecule has 1 aromatic heterocycles. The minimum absolute atomic E-state index is 0.270. The molecule has 0 unspecified atom stereocenters. The van der Waals surface area contributed by atoms with Crippen LogP contribution < -0.4 is 10.1 Å². The molecule has 0 aromatic carbocycles. The Hall–Kier alpha value is -0.770. The van der Waals surface area contributed by atoms with Gasteiger partial charge in [0.05, 0.1) is 10.7 Å². The van der Waals surface area contributed by atoms with Crippen molar-refractivity contribution in [2.24, 2.45) is 0 Å². The highest BCUT2D eigenvalue weighted by Crippen LogP contribution is 2.22. The monoisotopic (exact) mass is 286 g/mol. The smallest absolute Gasteiger partial charge is 0.142 e. The molecule has 1 heterocycles. The first-order valence-electron chi connectivity index (χ1n) is 5.96. The van der Waals surface area contributed by atoms with Crippen molar-refractivity contribution in [2.75, 3.05) is 6.61 Å². The fraction of sp³-hybridized carbons (Fsp3) is 0.462. The fourth-order valence-electron chi connectivity index (χ4n) is 1.56. The normalized spacial score (nSPS) is 15.8. The lowest BCUT2D eigenvalue weighted by Gasteiger charge is -2.11. The number of halogens is 2. The van der Waals surface area contributed by atoms with E-state index in [2.05, 4.69) is 10.3 Å². The molecule has 3 nitrogen and oxygen atoms in total. The van der Waals surface area contributed by atoms with Gasteiger partial charge in [-0.25, -0.2) is 0 Å². The number of rotatable bonds is 6. The maximum atomic E-state index is 5.80. The first kappa shape index (κ1) is 13.7. The predicted molar refractivity (Wildman–Crippen MR) is 74.1 cm³/mol. The van der Waals surface area contributed by atoms with E-state index in [4.69, 9.17) is 27.9 Å². The molecule has 1 aromatic rings. The third kappa shape index (κ3) is 4.16. The lowest BCUT2D eigenvalue weighted by Crippen LogP contribution is -2.17. The molecular weight excluding hydrogens is 271 g/mol. The number of nitrogens with one attached hydrogen (secondary N) is 1. The van der Waals surface area contributed by atoms with Crippen molar-refractivity contribution >= 4 is 23.2 Å². The van der Waals surface area contributed by atoms with Crippen molar-refractivity contribution in [1.82, 2.24) is 10.3 Å². The molecule has 18 heavy (non-hydrogen) atoms. The van der Waals surface area contributed by atoms with E-state index in [-0.39, 0.29) is 6.61 Å². The van der Waals surface area contributed by atoms with Crippen LogP contribution in [0, 0.1) is 6.92 Å². The zero-order valence-electron chi connectivity index (χ0n) is 10.2. The number of ether oxygens (including phenoxy) is 1. The summed E-state index contributed by atoms with van der Waals surface area (Å²) in [6.45, 7) is 2.96. The third-order valence-corrected chi connectivity index (χ3v) is 3.28. The molecule has 1 saturated carbocycles. The van der Waals surface area contributed by atoms with E-state index in [1.165, 1.54) is 18.4 Å². The predicted octanol–water partition coefficient (Wildman–Crippen LogP) is 3.34. The minimum Gasteiger partial charge on any atom is -0.486 e. The van der Waals surface area contributed by atoms with Gasteiger partial charge in [0.2, 0.25) is 0 Å². The van der Waals surface area contributed by atoms with Gasteiger partial charge in [-0.15, -0.1) is 0 Å². The van der Waals surface area contributed by atoms with Gasteiger partial charge in [-0.1, -0.05) is 23.2 Å². The van der Waals surface area contributed by atoms with Crippen molar-refractivity contribution in [3.63, 3.8) is 0 Å². The van der Waals surface area contributed by atoms with Crippen LogP contribution in [0.1, 0.15) is 24.2 Å². The molecule has 1 N–H and O–H groups in total. The molecule has 0 aliphatic heterocycles. The highest BCUT2D eigenvalue weighted by atomic mass is 35.5. The largest absolute Gasteiger partial charge is 0.486 e. The van der Waals surface area contributed by atoms with Crippen molar-refractivity contribution in [1.29, 1.82) is 0 Å². The zero-order valence-corrected chi connectivity index (χ0v) is 11.8. The Balaban J connectivity index is 2.01. The Bertz CT molecular complexity index is 445. The van der Waals surface area contributed by atoms with E-state index >= 15 is 0 Å². The van der Waals surface area contributed by atoms with Crippen LogP contribution in [0.3, 0.4) is 0 Å². The summed E-state index contributed by atoms with van der Waals surface area (Å²) < 4.78 is 5.61. The molecule has 5 heteroatoms. The zero-order chi connectivity index (χ0) is 13.0. The first-order chi connectivity index (χ1) is 8.69. The second kappa shape index (κ2) is 6.41. The summed E-state index contributed by atoms with van der Waals surface area (Å²) in [7, 11) is 0. The Morgan fingerprint density at radius 2 is 2.33 bits per heavy atom. The second-order valence-corrected chi connectivity index (χ2v) is 5.10. The van der Waals surface area contributed by atoms with Gasteiger partial charge >= 0.3 is 0 Å². The van der Waals surface area contributed by atoms with Crippen molar-refractivity contribution in [3.8, 4) is 5.75 Å². The maximum absolute atomic E-state index is 5.80. The Labute approximate surface area is 117 Å². The van der Waals surface area contributed by atoms with E-state index in [9.17, 15) is 0 Å². The standard InChI is InChI=1S/C13H16Cl2N2O/c1-9-2-5-13(18-8-10(15)6-14)12(17-9)7-16-11-3-4-11/h2,5-6,11,16H,3-4,7-8H2,1H3. The lowest BCUT2D eigenvalue weighted by molar-refractivity contribution is 0.351. The van der Waals surface area contributed by atoms with Crippen LogP contribution in [0.2, 0.25) is 0 Å². The van der Waals surface area contributed by atoms with Crippen LogP contribution in [0.4, 0.5) is 0 Å². The van der Waals surface area contributed by atoms with Gasteiger partial charge < -0.3 is 10.1 Å². The third-order valence-electron chi connectivity index (χ3n) is 2.69. The number of pyridine rings is 1. The Kier molecular flexibility index (Phi) is 4.87. The topological polar surface area (TPSA) is 34.1 Å². The number of hydrogen-bond donors (Lipinski definition) is 1. The molecular formula is C13H16Cl2N2O. The van der Waals surface area contributed by atoms with Crippen LogP contribution in [0.5, 0.6) is 5.75 Å². The van der Waals surface area contributed by atoms with Gasteiger partial charge in [0.15, 0.2) is 0 Å². The summed E-state index contributed by atoms with van der Waals surface area (Å²) in [6, 6.07) is 4.49. The molecule has 0 amide bonds. The summed E-state index contributed by atoms with van der Waals surface area (Å²) in [5.41, 5.74) is 3.21. The van der Waals surface area contributed by atoms with Gasteiger partial charge in [-0.3, -0.25) is 4.98 Å². The molecule has 0 spiro atoms. The SMILES string of the molecule is Cc1ccc(OCC(Cl)=CCl)c(CNC2CC2)n1. The molecule has 1 fully saturated rings. The van der Waals surface area contributed by atoms with E-state index < -0.39 is 0 Å². The molecule has 0 bridgehead atoms. The van der Waals surface area contributed by atoms with E-state index in [0.29, 0.717) is 11.1 Å². The number of hydrogen-bond acceptors (Lipinski definition) is 3. The van der Waals surface area contributed by atoms with Gasteiger partial charge in [0, 0.05) is 23.8 Å². The van der Waals surface area contributed by atoms with Crippen LogP contribution in [-0.4, -0.2) is 17.6 Å². The van der Waals surface area contributed by atoms with Gasteiger partial charge in [-0.05, 0) is 31.9 Å². The molecule has 0 atom stereocenters. The highest BCUT2D eigenvalue weighted by molar-refractivity contribution is 6.36. The van der Waals surface area contributed by atoms with Crippen molar-refractivity contribution in [3.05, 3.63) is 34.1 Å². The molecule has 2 rings (SSSR count). The van der Waals surface area contributed by atoms with Crippen molar-refractivity contribution in [2.45, 2.75) is 32.4 Å². The van der Waals surface area contributed by atoms with Crippen molar-refractivity contribution < 1.29 is 4.74 Å². The molecule has 1 aliphatic carbocycles. The summed E-state index contributed by atoms with van der Waals surface area (Å²) in [5.74, 6) is 0.755. The quantitative estimate of drug-likeness (QED) is 0.871. The highest BCUT2D eigenvalue weighted by Gasteiger charge is 2.21. The van der Waals surface area contributed by atoms with Gasteiger partial charge in [0.1, 0.15) is 12.4 Å². The summed E-state index contributed by atoms with van der Waals surface area (Å²) >= 11 is 11.3.